The van der Waals surface area contributed by atoms with E-state index in [1.54, 1.807) is 11.8 Å². The Kier molecular flexibility index (Phi) is 3.94. The summed E-state index contributed by atoms with van der Waals surface area (Å²) in [5.41, 5.74) is 3.53. The van der Waals surface area contributed by atoms with Crippen LogP contribution in [0.5, 0.6) is 0 Å². The van der Waals surface area contributed by atoms with Crippen molar-refractivity contribution in [2.45, 2.75) is 18.7 Å². The number of nitrogens with one attached hydrogen (secondary N) is 1. The molecule has 0 saturated heterocycles. The third-order valence-electron chi connectivity index (χ3n) is 3.66. The van der Waals surface area contributed by atoms with Gasteiger partial charge in [0.2, 0.25) is 0 Å². The molecule has 0 aliphatic carbocycles. The average Bonchev–Trinajstić information content (AvgIpc) is 2.84. The molecule has 2 aromatic carbocycles. The van der Waals surface area contributed by atoms with E-state index in [9.17, 15) is 4.79 Å². The number of amides is 1. The van der Waals surface area contributed by atoms with Crippen LogP contribution >= 0.6 is 11.8 Å². The number of anilines is 1. The Hall–Kier alpha value is -2.20. The van der Waals surface area contributed by atoms with Crippen molar-refractivity contribution in [1.82, 2.24) is 0 Å². The van der Waals surface area contributed by atoms with Crippen LogP contribution in [0, 0.1) is 13.8 Å². The summed E-state index contributed by atoms with van der Waals surface area (Å²) < 4.78 is 5.77. The smallest absolute Gasteiger partial charge is 0.291 e. The third-order valence-corrected chi connectivity index (χ3v) is 4.45. The van der Waals surface area contributed by atoms with Crippen LogP contribution in [-0.2, 0) is 0 Å². The van der Waals surface area contributed by atoms with Gasteiger partial charge in [0, 0.05) is 15.8 Å². The number of rotatable bonds is 3. The minimum Gasteiger partial charge on any atom is -0.451 e. The lowest BCUT2D eigenvalue weighted by molar-refractivity contribution is 0.0997. The lowest BCUT2D eigenvalue weighted by Gasteiger charge is -2.08. The number of carbonyl (C=O) groups excluding carboxylic acids is 1. The second kappa shape index (κ2) is 5.89. The van der Waals surface area contributed by atoms with Crippen molar-refractivity contribution < 1.29 is 9.21 Å². The van der Waals surface area contributed by atoms with Gasteiger partial charge < -0.3 is 9.73 Å². The van der Waals surface area contributed by atoms with E-state index in [4.69, 9.17) is 4.42 Å². The minimum absolute atomic E-state index is 0.215. The molecule has 1 heterocycles. The van der Waals surface area contributed by atoms with Gasteiger partial charge in [-0.3, -0.25) is 4.79 Å². The summed E-state index contributed by atoms with van der Waals surface area (Å²) in [6, 6.07) is 13.7. The molecule has 3 rings (SSSR count). The second-order valence-corrected chi connectivity index (χ2v) is 6.06. The SMILES string of the molecule is CSc1ccccc1NC(=O)c1oc2cc(C)ccc2c1C. The number of thioether (sulfide) groups is 1. The molecule has 0 atom stereocenters. The monoisotopic (exact) mass is 311 g/mol. The fraction of sp³-hybridized carbons (Fsp3) is 0.167. The Morgan fingerprint density at radius 1 is 1.14 bits per heavy atom. The first-order valence-electron chi connectivity index (χ1n) is 7.04. The van der Waals surface area contributed by atoms with Crippen LogP contribution in [0.15, 0.2) is 51.8 Å². The number of fused-ring (bicyclic) bond motifs is 1. The first kappa shape index (κ1) is 14.7. The lowest BCUT2D eigenvalue weighted by atomic mass is 10.1. The molecule has 0 saturated carbocycles. The van der Waals surface area contributed by atoms with Gasteiger partial charge in [0.1, 0.15) is 5.58 Å². The molecule has 1 N–H and O–H groups in total. The molecule has 0 radical (unpaired) electrons. The highest BCUT2D eigenvalue weighted by atomic mass is 32.2. The van der Waals surface area contributed by atoms with E-state index in [0.717, 1.165) is 32.7 Å². The molecule has 0 aliphatic heterocycles. The second-order valence-electron chi connectivity index (χ2n) is 5.21. The number of hydrogen-bond donors (Lipinski definition) is 1. The molecule has 0 bridgehead atoms. The van der Waals surface area contributed by atoms with Crippen molar-refractivity contribution in [2.75, 3.05) is 11.6 Å². The topological polar surface area (TPSA) is 42.2 Å². The molecular formula is C18H17NO2S. The van der Waals surface area contributed by atoms with Gasteiger partial charge in [-0.05, 0) is 43.9 Å². The molecular weight excluding hydrogens is 294 g/mol. The fourth-order valence-corrected chi connectivity index (χ4v) is 3.03. The summed E-state index contributed by atoms with van der Waals surface area (Å²) in [6.45, 7) is 3.92. The molecule has 1 amide bonds. The van der Waals surface area contributed by atoms with Crippen LogP contribution in [0.4, 0.5) is 5.69 Å². The van der Waals surface area contributed by atoms with E-state index < -0.39 is 0 Å². The molecule has 0 unspecified atom stereocenters. The zero-order valence-electron chi connectivity index (χ0n) is 12.8. The van der Waals surface area contributed by atoms with Crippen molar-refractivity contribution in [1.29, 1.82) is 0 Å². The van der Waals surface area contributed by atoms with Crippen molar-refractivity contribution in [3.8, 4) is 0 Å². The highest BCUT2D eigenvalue weighted by Crippen LogP contribution is 2.29. The van der Waals surface area contributed by atoms with Crippen LogP contribution < -0.4 is 5.32 Å². The van der Waals surface area contributed by atoms with Crippen LogP contribution in [0.3, 0.4) is 0 Å². The van der Waals surface area contributed by atoms with Crippen LogP contribution in [-0.4, -0.2) is 12.2 Å². The van der Waals surface area contributed by atoms with Gasteiger partial charge in [-0.25, -0.2) is 0 Å². The van der Waals surface area contributed by atoms with E-state index >= 15 is 0 Å². The van der Waals surface area contributed by atoms with E-state index in [0.29, 0.717) is 5.76 Å². The van der Waals surface area contributed by atoms with Crippen molar-refractivity contribution >= 4 is 34.3 Å². The van der Waals surface area contributed by atoms with E-state index in [2.05, 4.69) is 5.32 Å². The largest absolute Gasteiger partial charge is 0.451 e. The maximum Gasteiger partial charge on any atom is 0.291 e. The number of para-hydroxylation sites is 1. The number of aryl methyl sites for hydroxylation is 2. The number of carbonyl (C=O) groups is 1. The maximum atomic E-state index is 12.5. The minimum atomic E-state index is -0.215. The summed E-state index contributed by atoms with van der Waals surface area (Å²) in [5, 5.41) is 3.92. The number of furan rings is 1. The molecule has 3 nitrogen and oxygen atoms in total. The quantitative estimate of drug-likeness (QED) is 0.690. The highest BCUT2D eigenvalue weighted by Gasteiger charge is 2.18. The van der Waals surface area contributed by atoms with Crippen molar-refractivity contribution in [3.05, 3.63) is 59.4 Å². The third kappa shape index (κ3) is 2.62. The predicted octanol–water partition coefficient (Wildman–Crippen LogP) is 5.02. The molecule has 0 fully saturated rings. The van der Waals surface area contributed by atoms with Crippen LogP contribution in [0.2, 0.25) is 0 Å². The Bertz CT molecular complexity index is 851. The number of benzene rings is 2. The first-order valence-corrected chi connectivity index (χ1v) is 8.26. The molecule has 0 spiro atoms. The summed E-state index contributed by atoms with van der Waals surface area (Å²) in [7, 11) is 0. The zero-order valence-corrected chi connectivity index (χ0v) is 13.6. The zero-order chi connectivity index (χ0) is 15.7. The molecule has 0 aliphatic rings. The van der Waals surface area contributed by atoms with Crippen LogP contribution in [0.25, 0.3) is 11.0 Å². The molecule has 112 valence electrons. The predicted molar refractivity (Wildman–Crippen MR) is 91.9 cm³/mol. The fourth-order valence-electron chi connectivity index (χ4n) is 2.48. The Morgan fingerprint density at radius 3 is 2.68 bits per heavy atom. The molecule has 22 heavy (non-hydrogen) atoms. The Morgan fingerprint density at radius 2 is 1.91 bits per heavy atom. The lowest BCUT2D eigenvalue weighted by Crippen LogP contribution is -2.12. The molecule has 1 aromatic heterocycles. The van der Waals surface area contributed by atoms with Gasteiger partial charge in [0.15, 0.2) is 5.76 Å². The average molecular weight is 311 g/mol. The maximum absolute atomic E-state index is 12.5. The standard InChI is InChI=1S/C18H17NO2S/c1-11-8-9-13-12(2)17(21-15(13)10-11)18(20)19-14-6-4-5-7-16(14)22-3/h4-10H,1-3H3,(H,19,20). The Labute approximate surface area is 133 Å². The summed E-state index contributed by atoms with van der Waals surface area (Å²) in [5.74, 6) is 0.157. The Balaban J connectivity index is 1.97. The van der Waals surface area contributed by atoms with Gasteiger partial charge >= 0.3 is 0 Å². The molecule has 3 aromatic rings. The van der Waals surface area contributed by atoms with Gasteiger partial charge in [-0.1, -0.05) is 24.3 Å². The summed E-state index contributed by atoms with van der Waals surface area (Å²) in [4.78, 5) is 13.6. The van der Waals surface area contributed by atoms with Crippen LogP contribution in [0.1, 0.15) is 21.7 Å². The summed E-state index contributed by atoms with van der Waals surface area (Å²) in [6.07, 6.45) is 1.99. The first-order chi connectivity index (χ1) is 10.6. The van der Waals surface area contributed by atoms with Gasteiger partial charge in [-0.2, -0.15) is 0 Å². The van der Waals surface area contributed by atoms with E-state index in [1.165, 1.54) is 0 Å². The van der Waals surface area contributed by atoms with Crippen molar-refractivity contribution in [3.63, 3.8) is 0 Å². The highest BCUT2D eigenvalue weighted by molar-refractivity contribution is 7.98. The number of hydrogen-bond acceptors (Lipinski definition) is 3. The van der Waals surface area contributed by atoms with E-state index in [-0.39, 0.29) is 5.91 Å². The van der Waals surface area contributed by atoms with E-state index in [1.807, 2.05) is 62.6 Å². The van der Waals surface area contributed by atoms with Gasteiger partial charge in [0.05, 0.1) is 5.69 Å². The van der Waals surface area contributed by atoms with Gasteiger partial charge in [0.25, 0.3) is 5.91 Å². The normalized spacial score (nSPS) is 10.9. The summed E-state index contributed by atoms with van der Waals surface area (Å²) >= 11 is 1.60. The van der Waals surface area contributed by atoms with Gasteiger partial charge in [-0.15, -0.1) is 11.8 Å². The van der Waals surface area contributed by atoms with Crippen molar-refractivity contribution in [2.24, 2.45) is 0 Å². The molecule has 4 heteroatoms.